The maximum atomic E-state index is 5.39. The van der Waals surface area contributed by atoms with Gasteiger partial charge in [0.1, 0.15) is 5.69 Å². The van der Waals surface area contributed by atoms with E-state index in [2.05, 4.69) is 109 Å². The van der Waals surface area contributed by atoms with Crippen LogP contribution in [0.3, 0.4) is 0 Å². The minimum atomic E-state index is 0.737. The van der Waals surface area contributed by atoms with Crippen molar-refractivity contribution in [2.75, 3.05) is 0 Å². The maximum Gasteiger partial charge on any atom is 0.165 e. The SMILES string of the molecule is C=C/C=C(\C=C/C)c1nc(C=C)c(/C=C\C)nc1-n1c2ccccc2c2c3ccccc3c3c4ccc5ccccc5c4sc3c21. The van der Waals surface area contributed by atoms with Gasteiger partial charge in [-0.2, -0.15) is 0 Å². The van der Waals surface area contributed by atoms with E-state index in [1.807, 2.05) is 55.6 Å². The van der Waals surface area contributed by atoms with Gasteiger partial charge in [0.25, 0.3) is 0 Å². The molecular weight excluding hydrogens is 579 g/mol. The number of thiophene rings is 1. The summed E-state index contributed by atoms with van der Waals surface area (Å²) >= 11 is 1.87. The van der Waals surface area contributed by atoms with Crippen molar-refractivity contribution in [3.05, 3.63) is 146 Å². The third-order valence-electron chi connectivity index (χ3n) is 8.72. The smallest absolute Gasteiger partial charge is 0.165 e. The zero-order valence-corrected chi connectivity index (χ0v) is 26.6. The number of fused-ring (bicyclic) bond motifs is 12. The largest absolute Gasteiger partial charge is 0.290 e. The molecule has 46 heavy (non-hydrogen) atoms. The molecule has 0 unspecified atom stereocenters. The molecule has 4 heteroatoms. The average Bonchev–Trinajstić information content (AvgIpc) is 3.65. The van der Waals surface area contributed by atoms with E-state index in [0.717, 1.165) is 39.5 Å². The van der Waals surface area contributed by atoms with Gasteiger partial charge in [0, 0.05) is 31.8 Å². The van der Waals surface area contributed by atoms with Crippen molar-refractivity contribution in [1.29, 1.82) is 0 Å². The molecule has 0 fully saturated rings. The van der Waals surface area contributed by atoms with Gasteiger partial charge < -0.3 is 0 Å². The molecule has 3 aromatic heterocycles. The molecule has 5 aromatic carbocycles. The van der Waals surface area contributed by atoms with Gasteiger partial charge in [-0.15, -0.1) is 11.3 Å². The van der Waals surface area contributed by atoms with Crippen molar-refractivity contribution < 1.29 is 0 Å². The van der Waals surface area contributed by atoms with Crippen molar-refractivity contribution >= 4 is 92.6 Å². The Balaban J connectivity index is 1.67. The number of para-hydroxylation sites is 1. The van der Waals surface area contributed by atoms with E-state index in [4.69, 9.17) is 9.97 Å². The van der Waals surface area contributed by atoms with Crippen LogP contribution < -0.4 is 0 Å². The Morgan fingerprint density at radius 3 is 2.15 bits per heavy atom. The highest BCUT2D eigenvalue weighted by molar-refractivity contribution is 7.27. The van der Waals surface area contributed by atoms with Crippen LogP contribution in [0, 0.1) is 0 Å². The van der Waals surface area contributed by atoms with Crippen LogP contribution in [0.5, 0.6) is 0 Å². The molecule has 0 atom stereocenters. The molecule has 0 amide bonds. The Labute approximate surface area is 271 Å². The van der Waals surface area contributed by atoms with E-state index in [1.54, 1.807) is 6.08 Å². The lowest BCUT2D eigenvalue weighted by molar-refractivity contribution is 1.01. The molecule has 0 saturated carbocycles. The second kappa shape index (κ2) is 11.1. The molecule has 0 bridgehead atoms. The molecular formula is C42H31N3S. The van der Waals surface area contributed by atoms with Crippen LogP contribution in [0.4, 0.5) is 0 Å². The molecule has 0 aliphatic heterocycles. The van der Waals surface area contributed by atoms with Gasteiger partial charge in [0.2, 0.25) is 0 Å². The predicted molar refractivity (Wildman–Crippen MR) is 202 cm³/mol. The minimum absolute atomic E-state index is 0.737. The highest BCUT2D eigenvalue weighted by Crippen LogP contribution is 2.49. The summed E-state index contributed by atoms with van der Waals surface area (Å²) in [6.07, 6.45) is 13.7. The van der Waals surface area contributed by atoms with Crippen molar-refractivity contribution in [3.8, 4) is 5.82 Å². The number of rotatable bonds is 6. The molecule has 3 nitrogen and oxygen atoms in total. The monoisotopic (exact) mass is 609 g/mol. The van der Waals surface area contributed by atoms with Crippen molar-refractivity contribution in [2.24, 2.45) is 0 Å². The Morgan fingerprint density at radius 1 is 0.696 bits per heavy atom. The van der Waals surface area contributed by atoms with Crippen LogP contribution >= 0.6 is 11.3 Å². The van der Waals surface area contributed by atoms with Gasteiger partial charge in [-0.1, -0.05) is 122 Å². The first-order chi connectivity index (χ1) is 22.7. The molecule has 0 aliphatic rings. The Bertz CT molecular complexity index is 2640. The molecule has 0 spiro atoms. The summed E-state index contributed by atoms with van der Waals surface area (Å²) in [5.74, 6) is 0.773. The highest BCUT2D eigenvalue weighted by atomic mass is 32.1. The van der Waals surface area contributed by atoms with E-state index >= 15 is 0 Å². The topological polar surface area (TPSA) is 30.7 Å². The first-order valence-corrected chi connectivity index (χ1v) is 16.3. The second-order valence-corrected chi connectivity index (χ2v) is 12.3. The quantitative estimate of drug-likeness (QED) is 0.176. The lowest BCUT2D eigenvalue weighted by atomic mass is 9.98. The van der Waals surface area contributed by atoms with Crippen LogP contribution in [0.15, 0.2) is 128 Å². The number of hydrogen-bond acceptors (Lipinski definition) is 3. The summed E-state index contributed by atoms with van der Waals surface area (Å²) < 4.78 is 4.89. The van der Waals surface area contributed by atoms with Gasteiger partial charge in [-0.3, -0.25) is 4.57 Å². The van der Waals surface area contributed by atoms with Crippen molar-refractivity contribution in [3.63, 3.8) is 0 Å². The average molecular weight is 610 g/mol. The van der Waals surface area contributed by atoms with E-state index in [9.17, 15) is 0 Å². The number of hydrogen-bond donors (Lipinski definition) is 0. The summed E-state index contributed by atoms with van der Waals surface area (Å²) in [4.78, 5) is 10.6. The molecule has 220 valence electrons. The van der Waals surface area contributed by atoms with E-state index < -0.39 is 0 Å². The lowest BCUT2D eigenvalue weighted by Gasteiger charge is -2.16. The zero-order chi connectivity index (χ0) is 31.4. The van der Waals surface area contributed by atoms with Crippen LogP contribution in [0.2, 0.25) is 0 Å². The molecule has 8 aromatic rings. The molecule has 8 rings (SSSR count). The number of nitrogens with zero attached hydrogens (tertiary/aromatic N) is 3. The molecule has 0 aliphatic carbocycles. The molecule has 0 N–H and O–H groups in total. The Kier molecular flexibility index (Phi) is 6.74. The van der Waals surface area contributed by atoms with Crippen molar-refractivity contribution in [1.82, 2.24) is 14.5 Å². The number of benzene rings is 5. The summed E-state index contributed by atoms with van der Waals surface area (Å²) in [6, 6.07) is 30.8. The van der Waals surface area contributed by atoms with Gasteiger partial charge in [-0.05, 0) is 53.6 Å². The van der Waals surface area contributed by atoms with E-state index in [1.165, 1.54) is 52.5 Å². The fraction of sp³-hybridized carbons (Fsp3) is 0.0476. The van der Waals surface area contributed by atoms with Crippen LogP contribution in [-0.2, 0) is 0 Å². The minimum Gasteiger partial charge on any atom is -0.290 e. The summed E-state index contributed by atoms with van der Waals surface area (Å²) in [7, 11) is 0. The normalized spacial score (nSPS) is 12.7. The Hall–Kier alpha value is -5.58. The van der Waals surface area contributed by atoms with Gasteiger partial charge in [-0.25, -0.2) is 9.97 Å². The molecule has 0 saturated heterocycles. The second-order valence-electron chi connectivity index (χ2n) is 11.3. The van der Waals surface area contributed by atoms with Gasteiger partial charge in [0.15, 0.2) is 5.82 Å². The zero-order valence-electron chi connectivity index (χ0n) is 25.8. The molecule has 3 heterocycles. The van der Waals surface area contributed by atoms with Gasteiger partial charge >= 0.3 is 0 Å². The van der Waals surface area contributed by atoms with E-state index in [-0.39, 0.29) is 0 Å². The van der Waals surface area contributed by atoms with Crippen LogP contribution in [0.1, 0.15) is 30.9 Å². The Morgan fingerprint density at radius 2 is 1.41 bits per heavy atom. The summed E-state index contributed by atoms with van der Waals surface area (Å²) in [6.45, 7) is 12.1. The van der Waals surface area contributed by atoms with Gasteiger partial charge in [0.05, 0.1) is 27.1 Å². The third-order valence-corrected chi connectivity index (χ3v) is 9.96. The summed E-state index contributed by atoms with van der Waals surface area (Å²) in [5.41, 5.74) is 5.45. The molecule has 0 radical (unpaired) electrons. The van der Waals surface area contributed by atoms with Crippen molar-refractivity contribution in [2.45, 2.75) is 13.8 Å². The fourth-order valence-electron chi connectivity index (χ4n) is 6.88. The standard InChI is InChI=1S/C42H31N3S/c1-5-15-27(16-6-2)38-42(44-34(17-7-3)33(8-4)43-38)45-35-23-14-13-22-31(35)36-29-20-11-12-21-30(29)37-32-25-24-26-18-9-10-19-28(26)40(32)46-41(37)39(36)45/h5-25H,1,4H2,2-3H3/b16-6-,17-7-,27-15+. The van der Waals surface area contributed by atoms with Crippen LogP contribution in [0.25, 0.3) is 87.1 Å². The number of aromatic nitrogens is 3. The highest BCUT2D eigenvalue weighted by Gasteiger charge is 2.25. The van der Waals surface area contributed by atoms with Crippen LogP contribution in [-0.4, -0.2) is 14.5 Å². The third kappa shape index (κ3) is 4.04. The first kappa shape index (κ1) is 27.9. The lowest BCUT2D eigenvalue weighted by Crippen LogP contribution is -2.08. The summed E-state index contributed by atoms with van der Waals surface area (Å²) in [5, 5.41) is 9.98. The predicted octanol–water partition coefficient (Wildman–Crippen LogP) is 12.1. The first-order valence-electron chi connectivity index (χ1n) is 15.5. The number of allylic oxidation sites excluding steroid dienone is 6. The van der Waals surface area contributed by atoms with E-state index in [0.29, 0.717) is 0 Å². The maximum absolute atomic E-state index is 5.39. The fourth-order valence-corrected chi connectivity index (χ4v) is 8.27.